The molecule has 2 aliphatic heterocycles. The number of hydrogen-bond donors (Lipinski definition) is 0. The Kier molecular flexibility index (Phi) is 6.25. The molecule has 2 saturated heterocycles. The highest BCUT2D eigenvalue weighted by Gasteiger charge is 2.54. The van der Waals surface area contributed by atoms with Crippen molar-refractivity contribution in [1.29, 1.82) is 0 Å². The number of amides is 2. The molecule has 7 nitrogen and oxygen atoms in total. The lowest BCUT2D eigenvalue weighted by Crippen LogP contribution is -2.44. The van der Waals surface area contributed by atoms with Crippen molar-refractivity contribution in [3.8, 4) is 5.75 Å². The minimum atomic E-state index is -0.0914. The van der Waals surface area contributed by atoms with Gasteiger partial charge in [0.25, 0.3) is 5.91 Å². The zero-order chi connectivity index (χ0) is 20.3. The summed E-state index contributed by atoms with van der Waals surface area (Å²) in [5.41, 5.74) is 1.01. The lowest BCUT2D eigenvalue weighted by molar-refractivity contribution is -0.135. The van der Waals surface area contributed by atoms with E-state index in [9.17, 15) is 9.59 Å². The Morgan fingerprint density at radius 3 is 2.36 bits per heavy atom. The molecule has 2 amide bonds. The fourth-order valence-electron chi connectivity index (χ4n) is 4.57. The SMILES string of the molecule is COCC(=O)N1C[C@@H]2CN(C(=O)COc3cccc(C)c3)C[C@]2(CN(C)C)C1. The van der Waals surface area contributed by atoms with Gasteiger partial charge in [-0.25, -0.2) is 0 Å². The number of methoxy groups -OCH3 is 1. The van der Waals surface area contributed by atoms with Crippen molar-refractivity contribution in [2.75, 3.05) is 67.1 Å². The van der Waals surface area contributed by atoms with Crippen LogP contribution in [0.4, 0.5) is 0 Å². The van der Waals surface area contributed by atoms with Gasteiger partial charge in [-0.2, -0.15) is 0 Å². The van der Waals surface area contributed by atoms with E-state index in [0.29, 0.717) is 31.9 Å². The molecule has 0 N–H and O–H groups in total. The van der Waals surface area contributed by atoms with Crippen molar-refractivity contribution in [1.82, 2.24) is 14.7 Å². The molecule has 0 aromatic heterocycles. The molecular weight excluding hydrogens is 358 g/mol. The van der Waals surface area contributed by atoms with Crippen LogP contribution in [-0.2, 0) is 14.3 Å². The zero-order valence-corrected chi connectivity index (χ0v) is 17.3. The molecule has 0 unspecified atom stereocenters. The summed E-state index contributed by atoms with van der Waals surface area (Å²) in [5, 5.41) is 0. The summed E-state index contributed by atoms with van der Waals surface area (Å²) in [7, 11) is 5.62. The van der Waals surface area contributed by atoms with Gasteiger partial charge >= 0.3 is 0 Å². The summed E-state index contributed by atoms with van der Waals surface area (Å²) >= 11 is 0. The summed E-state index contributed by atoms with van der Waals surface area (Å²) in [5.74, 6) is 1.02. The Morgan fingerprint density at radius 2 is 1.79 bits per heavy atom. The fraction of sp³-hybridized carbons (Fsp3) is 0.619. The minimum Gasteiger partial charge on any atom is -0.484 e. The van der Waals surface area contributed by atoms with E-state index in [1.807, 2.05) is 55.1 Å². The van der Waals surface area contributed by atoms with E-state index < -0.39 is 0 Å². The van der Waals surface area contributed by atoms with Crippen molar-refractivity contribution >= 4 is 11.8 Å². The molecule has 2 fully saturated rings. The van der Waals surface area contributed by atoms with Crippen LogP contribution in [-0.4, -0.2) is 93.7 Å². The van der Waals surface area contributed by atoms with Crippen LogP contribution in [0.3, 0.4) is 0 Å². The maximum absolute atomic E-state index is 12.8. The molecular formula is C21H31N3O4. The monoisotopic (exact) mass is 389 g/mol. The van der Waals surface area contributed by atoms with Gasteiger partial charge < -0.3 is 24.2 Å². The molecule has 0 aliphatic carbocycles. The lowest BCUT2D eigenvalue weighted by atomic mass is 9.80. The number of hydrogen-bond acceptors (Lipinski definition) is 5. The summed E-state index contributed by atoms with van der Waals surface area (Å²) in [6, 6.07) is 7.72. The molecule has 2 heterocycles. The van der Waals surface area contributed by atoms with Gasteiger partial charge in [-0.15, -0.1) is 0 Å². The molecule has 1 aromatic carbocycles. The predicted octanol–water partition coefficient (Wildman–Crippen LogP) is 0.869. The van der Waals surface area contributed by atoms with Crippen LogP contribution >= 0.6 is 0 Å². The largest absolute Gasteiger partial charge is 0.484 e. The van der Waals surface area contributed by atoms with Gasteiger partial charge in [0, 0.05) is 51.2 Å². The number of carbonyl (C=O) groups is 2. The number of nitrogens with zero attached hydrogens (tertiary/aromatic N) is 3. The maximum atomic E-state index is 12.8. The van der Waals surface area contributed by atoms with E-state index in [4.69, 9.17) is 9.47 Å². The van der Waals surface area contributed by atoms with Crippen molar-refractivity contribution in [3.05, 3.63) is 29.8 Å². The first-order valence-electron chi connectivity index (χ1n) is 9.72. The quantitative estimate of drug-likeness (QED) is 0.693. The van der Waals surface area contributed by atoms with Crippen molar-refractivity contribution in [2.45, 2.75) is 6.92 Å². The van der Waals surface area contributed by atoms with Crippen LogP contribution in [0.2, 0.25) is 0 Å². The Balaban J connectivity index is 1.63. The number of fused-ring (bicyclic) bond motifs is 1. The number of carbonyl (C=O) groups excluding carboxylic acids is 2. The highest BCUT2D eigenvalue weighted by atomic mass is 16.5. The Bertz CT molecular complexity index is 723. The van der Waals surface area contributed by atoms with Crippen molar-refractivity contribution in [3.63, 3.8) is 0 Å². The second kappa shape index (κ2) is 8.49. The summed E-state index contributed by atoms with van der Waals surface area (Å²) in [6.07, 6.45) is 0. The van der Waals surface area contributed by atoms with Crippen LogP contribution in [0.5, 0.6) is 5.75 Å². The molecule has 0 bridgehead atoms. The van der Waals surface area contributed by atoms with Gasteiger partial charge in [0.15, 0.2) is 6.61 Å². The first-order valence-corrected chi connectivity index (χ1v) is 9.72. The van der Waals surface area contributed by atoms with E-state index in [1.165, 1.54) is 0 Å². The first-order chi connectivity index (χ1) is 13.3. The number of likely N-dealkylation sites (tertiary alicyclic amines) is 2. The van der Waals surface area contributed by atoms with E-state index in [2.05, 4.69) is 4.90 Å². The molecule has 0 saturated carbocycles. The topological polar surface area (TPSA) is 62.3 Å². The smallest absolute Gasteiger partial charge is 0.260 e. The summed E-state index contributed by atoms with van der Waals surface area (Å²) < 4.78 is 10.7. The van der Waals surface area contributed by atoms with Crippen LogP contribution < -0.4 is 4.74 Å². The average Bonchev–Trinajstić information content (AvgIpc) is 3.13. The van der Waals surface area contributed by atoms with Crippen LogP contribution in [0, 0.1) is 18.3 Å². The third-order valence-corrected chi connectivity index (χ3v) is 5.72. The van der Waals surface area contributed by atoms with Crippen LogP contribution in [0.25, 0.3) is 0 Å². The number of rotatable bonds is 7. The van der Waals surface area contributed by atoms with E-state index in [1.54, 1.807) is 7.11 Å². The third-order valence-electron chi connectivity index (χ3n) is 5.72. The number of aryl methyl sites for hydroxylation is 1. The van der Waals surface area contributed by atoms with E-state index >= 15 is 0 Å². The van der Waals surface area contributed by atoms with Crippen LogP contribution in [0.15, 0.2) is 24.3 Å². The standard InChI is InChI=1S/C21H31N3O4/c1-16-6-5-7-18(8-16)28-12-20(26)24-10-17-9-23(19(25)11-27-4)14-21(17,15-24)13-22(2)3/h5-8,17H,9-15H2,1-4H3/t17-,21+/m1/s1. The lowest BCUT2D eigenvalue weighted by Gasteiger charge is -2.32. The van der Waals surface area contributed by atoms with Gasteiger partial charge in [0.05, 0.1) is 0 Å². The van der Waals surface area contributed by atoms with Gasteiger partial charge in [-0.1, -0.05) is 12.1 Å². The Hall–Kier alpha value is -2.12. The molecule has 0 spiro atoms. The predicted molar refractivity (Wildman–Crippen MR) is 106 cm³/mol. The average molecular weight is 389 g/mol. The Morgan fingerprint density at radius 1 is 1.14 bits per heavy atom. The maximum Gasteiger partial charge on any atom is 0.260 e. The molecule has 3 rings (SSSR count). The molecule has 7 heteroatoms. The number of benzene rings is 1. The van der Waals surface area contributed by atoms with Gasteiger partial charge in [-0.3, -0.25) is 9.59 Å². The summed E-state index contributed by atoms with van der Waals surface area (Å²) in [4.78, 5) is 31.0. The van der Waals surface area contributed by atoms with E-state index in [0.717, 1.165) is 12.1 Å². The highest BCUT2D eigenvalue weighted by Crippen LogP contribution is 2.43. The zero-order valence-electron chi connectivity index (χ0n) is 17.3. The van der Waals surface area contributed by atoms with Gasteiger partial charge in [-0.05, 0) is 38.7 Å². The highest BCUT2D eigenvalue weighted by molar-refractivity contribution is 5.79. The number of ether oxygens (including phenoxy) is 2. The fourth-order valence-corrected chi connectivity index (χ4v) is 4.57. The molecule has 2 atom stereocenters. The van der Waals surface area contributed by atoms with Crippen LogP contribution in [0.1, 0.15) is 5.56 Å². The summed E-state index contributed by atoms with van der Waals surface area (Å²) in [6.45, 7) is 5.66. The Labute approximate surface area is 167 Å². The second-order valence-corrected chi connectivity index (χ2v) is 8.38. The molecule has 0 radical (unpaired) electrons. The first kappa shape index (κ1) is 20.6. The molecule has 154 valence electrons. The minimum absolute atomic E-state index is 0.00352. The van der Waals surface area contributed by atoms with Gasteiger partial charge in [0.1, 0.15) is 12.4 Å². The van der Waals surface area contributed by atoms with E-state index in [-0.39, 0.29) is 36.4 Å². The third kappa shape index (κ3) is 4.47. The van der Waals surface area contributed by atoms with Gasteiger partial charge in [0.2, 0.25) is 5.91 Å². The van der Waals surface area contributed by atoms with Crippen molar-refractivity contribution < 1.29 is 19.1 Å². The molecule has 2 aliphatic rings. The normalized spacial score (nSPS) is 24.0. The molecule has 1 aromatic rings. The second-order valence-electron chi connectivity index (χ2n) is 8.38. The van der Waals surface area contributed by atoms with Crippen molar-refractivity contribution in [2.24, 2.45) is 11.3 Å². The molecule has 28 heavy (non-hydrogen) atoms.